The van der Waals surface area contributed by atoms with Crippen LogP contribution < -0.4 is 10.1 Å². The van der Waals surface area contributed by atoms with Crippen molar-refractivity contribution >= 4 is 29.2 Å². The van der Waals surface area contributed by atoms with Gasteiger partial charge in [-0.1, -0.05) is 0 Å². The molecule has 0 aromatic heterocycles. The van der Waals surface area contributed by atoms with Crippen LogP contribution in [0.5, 0.6) is 5.75 Å². The summed E-state index contributed by atoms with van der Waals surface area (Å²) in [6, 6.07) is 6.63. The number of hydrogen-bond acceptors (Lipinski definition) is 5. The molecule has 0 saturated heterocycles. The van der Waals surface area contributed by atoms with Crippen LogP contribution in [0, 0.1) is 0 Å². The van der Waals surface area contributed by atoms with E-state index >= 15 is 0 Å². The van der Waals surface area contributed by atoms with Crippen LogP contribution in [0.15, 0.2) is 24.3 Å². The van der Waals surface area contributed by atoms with Crippen LogP contribution in [-0.2, 0) is 9.53 Å². The van der Waals surface area contributed by atoms with Gasteiger partial charge in [-0.2, -0.15) is 0 Å². The average molecular weight is 338 g/mol. The molecule has 23 heavy (non-hydrogen) atoms. The Morgan fingerprint density at radius 2 is 1.78 bits per heavy atom. The second-order valence-electron chi connectivity index (χ2n) is 5.93. The normalized spacial score (nSPS) is 10.7. The fourth-order valence-electron chi connectivity index (χ4n) is 1.65. The van der Waals surface area contributed by atoms with Crippen molar-refractivity contribution in [1.29, 1.82) is 0 Å². The number of ether oxygens (including phenoxy) is 2. The molecule has 0 unspecified atom stereocenters. The lowest BCUT2D eigenvalue weighted by Gasteiger charge is -2.23. The zero-order chi connectivity index (χ0) is 17.6. The number of benzene rings is 1. The van der Waals surface area contributed by atoms with E-state index in [0.717, 1.165) is 0 Å². The van der Waals surface area contributed by atoms with Crippen molar-refractivity contribution in [2.45, 2.75) is 26.4 Å². The molecule has 7 heteroatoms. The predicted octanol–water partition coefficient (Wildman–Crippen LogP) is 1.98. The molecule has 1 aromatic rings. The molecule has 1 rings (SSSR count). The number of methoxy groups -OCH3 is 1. The summed E-state index contributed by atoms with van der Waals surface area (Å²) in [7, 11) is 3.16. The van der Waals surface area contributed by atoms with Crippen LogP contribution in [0.4, 0.5) is 0 Å². The lowest BCUT2D eigenvalue weighted by molar-refractivity contribution is -0.154. The fraction of sp³-hybridized carbons (Fsp3) is 0.438. The van der Waals surface area contributed by atoms with Gasteiger partial charge in [0.15, 0.2) is 5.11 Å². The zero-order valence-corrected chi connectivity index (χ0v) is 14.8. The van der Waals surface area contributed by atoms with Gasteiger partial charge in [-0.3, -0.25) is 14.9 Å². The smallest absolute Gasteiger partial charge is 0.326 e. The summed E-state index contributed by atoms with van der Waals surface area (Å²) in [5.74, 6) is -0.110. The number of nitrogens with one attached hydrogen (secondary N) is 1. The van der Waals surface area contributed by atoms with Crippen LogP contribution in [0.25, 0.3) is 0 Å². The van der Waals surface area contributed by atoms with Gasteiger partial charge in [0.05, 0.1) is 7.11 Å². The molecule has 0 radical (unpaired) electrons. The van der Waals surface area contributed by atoms with E-state index in [0.29, 0.717) is 11.3 Å². The van der Waals surface area contributed by atoms with Gasteiger partial charge in [0.25, 0.3) is 5.91 Å². The average Bonchev–Trinajstić information content (AvgIpc) is 2.45. The fourth-order valence-corrected chi connectivity index (χ4v) is 1.80. The largest absolute Gasteiger partial charge is 0.497 e. The maximum atomic E-state index is 12.1. The van der Waals surface area contributed by atoms with Gasteiger partial charge >= 0.3 is 5.97 Å². The topological polar surface area (TPSA) is 67.9 Å². The number of esters is 1. The highest BCUT2D eigenvalue weighted by molar-refractivity contribution is 7.80. The lowest BCUT2D eigenvalue weighted by Crippen LogP contribution is -2.43. The highest BCUT2D eigenvalue weighted by atomic mass is 32.1. The molecule has 1 aromatic carbocycles. The Balaban J connectivity index is 2.56. The molecule has 1 amide bonds. The predicted molar refractivity (Wildman–Crippen MR) is 91.5 cm³/mol. The molecule has 0 saturated carbocycles. The quantitative estimate of drug-likeness (QED) is 0.669. The monoisotopic (exact) mass is 338 g/mol. The number of likely N-dealkylation sites (N-methyl/N-ethyl adjacent to an activating group) is 1. The van der Waals surface area contributed by atoms with E-state index < -0.39 is 11.6 Å². The highest BCUT2D eigenvalue weighted by Gasteiger charge is 2.19. The summed E-state index contributed by atoms with van der Waals surface area (Å²) in [5, 5.41) is 2.72. The van der Waals surface area contributed by atoms with Crippen molar-refractivity contribution in [2.24, 2.45) is 0 Å². The Morgan fingerprint density at radius 1 is 1.22 bits per heavy atom. The molecule has 6 nitrogen and oxygen atoms in total. The van der Waals surface area contributed by atoms with E-state index in [1.165, 1.54) is 4.90 Å². The standard InChI is InChI=1S/C16H22N2O4S/c1-16(2,3)22-13(19)10-18(4)15(23)17-14(20)11-6-8-12(21-5)9-7-11/h6-9H,10H2,1-5H3,(H,17,20,23). The molecule has 0 fully saturated rings. The summed E-state index contributed by atoms with van der Waals surface area (Å²) >= 11 is 5.12. The van der Waals surface area contributed by atoms with Crippen molar-refractivity contribution in [3.05, 3.63) is 29.8 Å². The summed E-state index contributed by atoms with van der Waals surface area (Å²) < 4.78 is 10.2. The molecule has 0 atom stereocenters. The minimum absolute atomic E-state index is 0.0427. The first-order valence-electron chi connectivity index (χ1n) is 7.04. The number of hydrogen-bond donors (Lipinski definition) is 1. The number of amides is 1. The highest BCUT2D eigenvalue weighted by Crippen LogP contribution is 2.11. The first kappa shape index (κ1) is 18.9. The van der Waals surface area contributed by atoms with Gasteiger partial charge in [-0.25, -0.2) is 0 Å². The number of rotatable bonds is 4. The molecule has 0 spiro atoms. The molecule has 0 heterocycles. The second-order valence-corrected chi connectivity index (χ2v) is 6.32. The van der Waals surface area contributed by atoms with Gasteiger partial charge in [0.2, 0.25) is 0 Å². The summed E-state index contributed by atoms with van der Waals surface area (Å²) in [4.78, 5) is 25.3. The number of nitrogens with zero attached hydrogens (tertiary/aromatic N) is 1. The number of carbonyl (C=O) groups excluding carboxylic acids is 2. The Labute approximate surface area is 141 Å². The van der Waals surface area contributed by atoms with Gasteiger partial charge < -0.3 is 14.4 Å². The Kier molecular flexibility index (Phi) is 6.50. The zero-order valence-electron chi connectivity index (χ0n) is 14.0. The number of thiocarbonyl (C=S) groups is 1. The second kappa shape index (κ2) is 7.92. The molecule has 0 bridgehead atoms. The number of carbonyl (C=O) groups is 2. The van der Waals surface area contributed by atoms with E-state index in [1.54, 1.807) is 59.2 Å². The van der Waals surface area contributed by atoms with Crippen LogP contribution in [-0.4, -0.2) is 48.2 Å². The first-order valence-corrected chi connectivity index (χ1v) is 7.45. The maximum absolute atomic E-state index is 12.1. The van der Waals surface area contributed by atoms with E-state index in [2.05, 4.69) is 5.32 Å². The van der Waals surface area contributed by atoms with Crippen LogP contribution in [0.2, 0.25) is 0 Å². The van der Waals surface area contributed by atoms with Gasteiger partial charge in [0.1, 0.15) is 17.9 Å². The molecule has 126 valence electrons. The van der Waals surface area contributed by atoms with Gasteiger partial charge in [-0.15, -0.1) is 0 Å². The van der Waals surface area contributed by atoms with Crippen LogP contribution in [0.1, 0.15) is 31.1 Å². The van der Waals surface area contributed by atoms with E-state index in [1.807, 2.05) is 0 Å². The third kappa shape index (κ3) is 6.65. The summed E-state index contributed by atoms with van der Waals surface area (Å²) in [6.07, 6.45) is 0. The van der Waals surface area contributed by atoms with Crippen LogP contribution >= 0.6 is 12.2 Å². The minimum atomic E-state index is -0.564. The molecule has 0 aliphatic rings. The summed E-state index contributed by atoms with van der Waals surface area (Å²) in [6.45, 7) is 5.32. The van der Waals surface area contributed by atoms with E-state index in [9.17, 15) is 9.59 Å². The van der Waals surface area contributed by atoms with Crippen molar-refractivity contribution in [2.75, 3.05) is 20.7 Å². The van der Waals surface area contributed by atoms with Crippen molar-refractivity contribution in [1.82, 2.24) is 10.2 Å². The van der Waals surface area contributed by atoms with Gasteiger partial charge in [-0.05, 0) is 57.3 Å². The van der Waals surface area contributed by atoms with Crippen molar-refractivity contribution in [3.63, 3.8) is 0 Å². The van der Waals surface area contributed by atoms with Crippen molar-refractivity contribution in [3.8, 4) is 5.75 Å². The molecular formula is C16H22N2O4S. The summed E-state index contributed by atoms with van der Waals surface area (Å²) in [5.41, 5.74) is -0.120. The van der Waals surface area contributed by atoms with E-state index in [-0.39, 0.29) is 17.6 Å². The SMILES string of the molecule is COc1ccc(C(=O)NC(=S)N(C)CC(=O)OC(C)(C)C)cc1. The molecule has 0 aliphatic heterocycles. The molecular weight excluding hydrogens is 316 g/mol. The van der Waals surface area contributed by atoms with Crippen LogP contribution in [0.3, 0.4) is 0 Å². The minimum Gasteiger partial charge on any atom is -0.497 e. The third-order valence-corrected chi connectivity index (χ3v) is 3.12. The lowest BCUT2D eigenvalue weighted by atomic mass is 10.2. The molecule has 1 N–H and O–H groups in total. The Bertz CT molecular complexity index is 579. The van der Waals surface area contributed by atoms with E-state index in [4.69, 9.17) is 21.7 Å². The molecule has 0 aliphatic carbocycles. The first-order chi connectivity index (χ1) is 10.6. The Morgan fingerprint density at radius 3 is 2.26 bits per heavy atom. The Hall–Kier alpha value is -2.15. The van der Waals surface area contributed by atoms with Gasteiger partial charge in [0, 0.05) is 12.6 Å². The van der Waals surface area contributed by atoms with Crippen molar-refractivity contribution < 1.29 is 19.1 Å². The maximum Gasteiger partial charge on any atom is 0.326 e. The third-order valence-electron chi connectivity index (χ3n) is 2.71.